The van der Waals surface area contributed by atoms with E-state index in [1.165, 1.54) is 15.8 Å². The molecule has 3 nitrogen and oxygen atoms in total. The molecule has 0 saturated carbocycles. The van der Waals surface area contributed by atoms with Crippen LogP contribution in [0.5, 0.6) is 0 Å². The highest BCUT2D eigenvalue weighted by Crippen LogP contribution is 2.33. The summed E-state index contributed by atoms with van der Waals surface area (Å²) in [5.41, 5.74) is 3.47. The standard InChI is InChI=1S/C23H22N2OS/c26-16-15-20(25-23-24-19-13-7-8-14-21(19)27-23)22(17-9-3-1-4-10-17)18-11-5-2-6-12-18/h1-14,20,22,26H,15-16H2,(H,24,25)/t20-/m0/s1. The molecule has 0 amide bonds. The monoisotopic (exact) mass is 374 g/mol. The predicted octanol–water partition coefficient (Wildman–Crippen LogP) is 5.29. The number of hydrogen-bond donors (Lipinski definition) is 2. The second-order valence-corrected chi connectivity index (χ2v) is 7.58. The van der Waals surface area contributed by atoms with Gasteiger partial charge in [-0.15, -0.1) is 0 Å². The lowest BCUT2D eigenvalue weighted by Crippen LogP contribution is -2.29. The molecule has 0 aliphatic rings. The first kappa shape index (κ1) is 17.7. The first-order valence-electron chi connectivity index (χ1n) is 9.18. The first-order chi connectivity index (χ1) is 13.3. The smallest absolute Gasteiger partial charge is 0.184 e. The third-order valence-corrected chi connectivity index (χ3v) is 5.73. The fourth-order valence-electron chi connectivity index (χ4n) is 3.53. The van der Waals surface area contributed by atoms with E-state index in [-0.39, 0.29) is 18.6 Å². The Morgan fingerprint density at radius 2 is 1.41 bits per heavy atom. The van der Waals surface area contributed by atoms with Crippen molar-refractivity contribution in [2.24, 2.45) is 0 Å². The van der Waals surface area contributed by atoms with Gasteiger partial charge in [-0.05, 0) is 29.7 Å². The number of para-hydroxylation sites is 1. The van der Waals surface area contributed by atoms with Crippen LogP contribution in [0, 0.1) is 0 Å². The van der Waals surface area contributed by atoms with Crippen molar-refractivity contribution in [3.8, 4) is 0 Å². The zero-order valence-corrected chi connectivity index (χ0v) is 15.8. The number of rotatable bonds is 7. The Morgan fingerprint density at radius 3 is 2.00 bits per heavy atom. The summed E-state index contributed by atoms with van der Waals surface area (Å²) >= 11 is 1.66. The molecule has 0 unspecified atom stereocenters. The number of aromatic nitrogens is 1. The average molecular weight is 375 g/mol. The normalized spacial score (nSPS) is 12.4. The van der Waals surface area contributed by atoms with Gasteiger partial charge in [-0.2, -0.15) is 0 Å². The first-order valence-corrected chi connectivity index (χ1v) is 9.99. The van der Waals surface area contributed by atoms with Crippen molar-refractivity contribution in [2.45, 2.75) is 18.4 Å². The highest BCUT2D eigenvalue weighted by atomic mass is 32.1. The molecule has 0 saturated heterocycles. The topological polar surface area (TPSA) is 45.1 Å². The van der Waals surface area contributed by atoms with Gasteiger partial charge in [0.15, 0.2) is 5.13 Å². The maximum Gasteiger partial charge on any atom is 0.184 e. The fourth-order valence-corrected chi connectivity index (χ4v) is 4.46. The third kappa shape index (κ3) is 4.02. The molecule has 0 aliphatic carbocycles. The number of thiazole rings is 1. The van der Waals surface area contributed by atoms with Crippen molar-refractivity contribution in [3.05, 3.63) is 96.1 Å². The fraction of sp³-hybridized carbons (Fsp3) is 0.174. The van der Waals surface area contributed by atoms with E-state index in [1.807, 2.05) is 30.3 Å². The maximum absolute atomic E-state index is 9.74. The van der Waals surface area contributed by atoms with Crippen LogP contribution in [0.25, 0.3) is 10.2 Å². The van der Waals surface area contributed by atoms with Crippen molar-refractivity contribution >= 4 is 26.7 Å². The Bertz CT molecular complexity index is 912. The van der Waals surface area contributed by atoms with Crippen LogP contribution in [0.4, 0.5) is 5.13 Å². The highest BCUT2D eigenvalue weighted by molar-refractivity contribution is 7.22. The van der Waals surface area contributed by atoms with E-state index in [4.69, 9.17) is 4.98 Å². The van der Waals surface area contributed by atoms with Gasteiger partial charge in [-0.25, -0.2) is 4.98 Å². The molecule has 27 heavy (non-hydrogen) atoms. The second kappa shape index (κ2) is 8.33. The number of benzene rings is 3. The van der Waals surface area contributed by atoms with Crippen molar-refractivity contribution in [3.63, 3.8) is 0 Å². The zero-order valence-electron chi connectivity index (χ0n) is 15.0. The van der Waals surface area contributed by atoms with Crippen molar-refractivity contribution in [2.75, 3.05) is 11.9 Å². The van der Waals surface area contributed by atoms with Gasteiger partial charge in [0.25, 0.3) is 0 Å². The van der Waals surface area contributed by atoms with Gasteiger partial charge in [-0.1, -0.05) is 84.1 Å². The van der Waals surface area contributed by atoms with Gasteiger partial charge >= 0.3 is 0 Å². The summed E-state index contributed by atoms with van der Waals surface area (Å²) in [4.78, 5) is 4.73. The number of aliphatic hydroxyl groups excluding tert-OH is 1. The van der Waals surface area contributed by atoms with Gasteiger partial charge in [0.2, 0.25) is 0 Å². The SMILES string of the molecule is OCC[C@H](Nc1nc2ccccc2s1)C(c1ccccc1)c1ccccc1. The van der Waals surface area contributed by atoms with E-state index in [0.29, 0.717) is 6.42 Å². The van der Waals surface area contributed by atoms with Crippen molar-refractivity contribution in [1.29, 1.82) is 0 Å². The summed E-state index contributed by atoms with van der Waals surface area (Å²) in [6.07, 6.45) is 0.643. The summed E-state index contributed by atoms with van der Waals surface area (Å²) in [5.74, 6) is 0.131. The van der Waals surface area contributed by atoms with Gasteiger partial charge < -0.3 is 10.4 Å². The van der Waals surface area contributed by atoms with E-state index < -0.39 is 0 Å². The Kier molecular flexibility index (Phi) is 5.47. The van der Waals surface area contributed by atoms with Gasteiger partial charge in [0.05, 0.1) is 10.2 Å². The van der Waals surface area contributed by atoms with E-state index in [2.05, 4.69) is 59.9 Å². The predicted molar refractivity (Wildman–Crippen MR) is 113 cm³/mol. The Labute approximate surface area is 163 Å². The van der Waals surface area contributed by atoms with Crippen LogP contribution < -0.4 is 5.32 Å². The summed E-state index contributed by atoms with van der Waals surface area (Å²) in [7, 11) is 0. The Hall–Kier alpha value is -2.69. The van der Waals surface area contributed by atoms with Gasteiger partial charge in [0.1, 0.15) is 0 Å². The maximum atomic E-state index is 9.74. The molecule has 0 aliphatic heterocycles. The minimum absolute atomic E-state index is 0.0420. The van der Waals surface area contributed by atoms with E-state index >= 15 is 0 Å². The second-order valence-electron chi connectivity index (χ2n) is 6.55. The van der Waals surface area contributed by atoms with E-state index in [9.17, 15) is 5.11 Å². The van der Waals surface area contributed by atoms with Crippen LogP contribution >= 0.6 is 11.3 Å². The van der Waals surface area contributed by atoms with Crippen molar-refractivity contribution < 1.29 is 5.11 Å². The molecule has 0 radical (unpaired) electrons. The third-order valence-electron chi connectivity index (χ3n) is 4.76. The van der Waals surface area contributed by atoms with Crippen LogP contribution in [0.3, 0.4) is 0 Å². The Morgan fingerprint density at radius 1 is 0.815 bits per heavy atom. The molecule has 0 spiro atoms. The van der Waals surface area contributed by atoms with Gasteiger partial charge in [-0.3, -0.25) is 0 Å². The summed E-state index contributed by atoms with van der Waals surface area (Å²) in [6.45, 7) is 0.124. The van der Waals surface area contributed by atoms with E-state index in [1.54, 1.807) is 11.3 Å². The molecule has 4 aromatic rings. The molecule has 1 atom stereocenters. The lowest BCUT2D eigenvalue weighted by Gasteiger charge is -2.28. The van der Waals surface area contributed by atoms with Crippen LogP contribution in [-0.2, 0) is 0 Å². The van der Waals surface area contributed by atoms with Crippen LogP contribution in [0.15, 0.2) is 84.9 Å². The van der Waals surface area contributed by atoms with Crippen LogP contribution in [0.1, 0.15) is 23.5 Å². The molecule has 4 rings (SSSR count). The molecule has 1 aromatic heterocycles. The number of aliphatic hydroxyl groups is 1. The molecule has 1 heterocycles. The molecule has 0 fully saturated rings. The lowest BCUT2D eigenvalue weighted by molar-refractivity contribution is 0.275. The summed E-state index contributed by atoms with van der Waals surface area (Å²) in [6, 6.07) is 29.2. The minimum Gasteiger partial charge on any atom is -0.396 e. The number of fused-ring (bicyclic) bond motifs is 1. The number of nitrogens with one attached hydrogen (secondary N) is 1. The number of anilines is 1. The lowest BCUT2D eigenvalue weighted by atomic mass is 9.84. The number of hydrogen-bond acceptors (Lipinski definition) is 4. The molecule has 136 valence electrons. The summed E-state index contributed by atoms with van der Waals surface area (Å²) in [5, 5.41) is 14.2. The van der Waals surface area contributed by atoms with Crippen LogP contribution in [0.2, 0.25) is 0 Å². The molecule has 3 aromatic carbocycles. The van der Waals surface area contributed by atoms with Crippen molar-refractivity contribution in [1.82, 2.24) is 4.98 Å². The quantitative estimate of drug-likeness (QED) is 0.462. The summed E-state index contributed by atoms with van der Waals surface area (Å²) < 4.78 is 1.17. The zero-order chi connectivity index (χ0) is 18.5. The highest BCUT2D eigenvalue weighted by Gasteiger charge is 2.25. The molecule has 2 N–H and O–H groups in total. The molecular weight excluding hydrogens is 352 g/mol. The molecular formula is C23H22N2OS. The molecule has 4 heteroatoms. The van der Waals surface area contributed by atoms with E-state index in [0.717, 1.165) is 10.6 Å². The van der Waals surface area contributed by atoms with Gasteiger partial charge in [0, 0.05) is 18.6 Å². The Balaban J connectivity index is 1.72. The number of nitrogens with zero attached hydrogens (tertiary/aromatic N) is 1. The molecule has 0 bridgehead atoms. The van der Waals surface area contributed by atoms with Crippen LogP contribution in [-0.4, -0.2) is 22.7 Å². The average Bonchev–Trinajstić information content (AvgIpc) is 3.12. The minimum atomic E-state index is 0.0420. The largest absolute Gasteiger partial charge is 0.396 e.